The summed E-state index contributed by atoms with van der Waals surface area (Å²) in [4.78, 5) is 3.97. The van der Waals surface area contributed by atoms with Crippen molar-refractivity contribution in [2.75, 3.05) is 0 Å². The average molecular weight is 149 g/mol. The van der Waals surface area contributed by atoms with Gasteiger partial charge in [0.2, 0.25) is 0 Å². The fourth-order valence-corrected chi connectivity index (χ4v) is 0.847. The van der Waals surface area contributed by atoms with Gasteiger partial charge in [0.1, 0.15) is 13.6 Å². The summed E-state index contributed by atoms with van der Waals surface area (Å²) < 4.78 is 5.50. The van der Waals surface area contributed by atoms with E-state index < -0.39 is 0 Å². The fourth-order valence-electron chi connectivity index (χ4n) is 0.847. The molecule has 0 aliphatic rings. The largest absolute Gasteiger partial charge is 0.492 e. The summed E-state index contributed by atoms with van der Waals surface area (Å²) in [6.45, 7) is 4.03. The van der Waals surface area contributed by atoms with Gasteiger partial charge in [0.25, 0.3) is 0 Å². The molecule has 1 heterocycles. The molecule has 0 bridgehead atoms. The second-order valence-electron chi connectivity index (χ2n) is 2.81. The summed E-state index contributed by atoms with van der Waals surface area (Å²) in [5.41, 5.74) is 1.08. The third-order valence-corrected chi connectivity index (χ3v) is 1.33. The number of aromatic nitrogens is 1. The Morgan fingerprint density at radius 3 is 2.82 bits per heavy atom. The molecule has 0 saturated carbocycles. The van der Waals surface area contributed by atoms with E-state index in [-0.39, 0.29) is 6.10 Å². The average Bonchev–Trinajstić information content (AvgIpc) is 1.93. The van der Waals surface area contributed by atoms with Gasteiger partial charge >= 0.3 is 0 Å². The van der Waals surface area contributed by atoms with Crippen LogP contribution in [0.15, 0.2) is 18.5 Å². The first kappa shape index (κ1) is 8.11. The van der Waals surface area contributed by atoms with Crippen LogP contribution in [-0.4, -0.2) is 18.9 Å². The monoisotopic (exact) mass is 149 g/mol. The van der Waals surface area contributed by atoms with Crippen molar-refractivity contribution >= 4 is 13.3 Å². The van der Waals surface area contributed by atoms with Crippen molar-refractivity contribution in [1.82, 2.24) is 4.98 Å². The van der Waals surface area contributed by atoms with Crippen molar-refractivity contribution < 1.29 is 4.74 Å². The molecule has 0 atom stereocenters. The molecule has 1 aromatic rings. The lowest BCUT2D eigenvalue weighted by Crippen LogP contribution is -2.14. The second-order valence-corrected chi connectivity index (χ2v) is 2.81. The van der Waals surface area contributed by atoms with Crippen LogP contribution in [0.3, 0.4) is 0 Å². The summed E-state index contributed by atoms with van der Waals surface area (Å²) in [6, 6.07) is 1.88. The third kappa shape index (κ3) is 2.26. The zero-order chi connectivity index (χ0) is 8.27. The summed E-state index contributed by atoms with van der Waals surface area (Å²) in [5, 5.41) is 0. The predicted octanol–water partition coefficient (Wildman–Crippen LogP) is 0.127. The molecule has 0 aromatic carbocycles. The van der Waals surface area contributed by atoms with Gasteiger partial charge in [0.15, 0.2) is 0 Å². The Morgan fingerprint density at radius 2 is 2.27 bits per heavy atom. The third-order valence-electron chi connectivity index (χ3n) is 1.33. The summed E-state index contributed by atoms with van der Waals surface area (Å²) in [5.74, 6) is 0.926. The molecule has 11 heavy (non-hydrogen) atoms. The Balaban J connectivity index is 2.78. The molecule has 0 aliphatic heterocycles. The maximum absolute atomic E-state index is 5.50. The van der Waals surface area contributed by atoms with Gasteiger partial charge in [0, 0.05) is 12.4 Å². The van der Waals surface area contributed by atoms with Crippen molar-refractivity contribution in [3.05, 3.63) is 18.5 Å². The molecule has 0 aliphatic carbocycles. The van der Waals surface area contributed by atoms with E-state index in [2.05, 4.69) is 4.98 Å². The molecular formula is C8H12BNO. The summed E-state index contributed by atoms with van der Waals surface area (Å²) >= 11 is 0. The van der Waals surface area contributed by atoms with Crippen LogP contribution in [-0.2, 0) is 0 Å². The van der Waals surface area contributed by atoms with Crippen LogP contribution < -0.4 is 10.2 Å². The van der Waals surface area contributed by atoms with Gasteiger partial charge < -0.3 is 4.74 Å². The predicted molar refractivity (Wildman–Crippen MR) is 48.2 cm³/mol. The van der Waals surface area contributed by atoms with Gasteiger partial charge in [0.05, 0.1) is 6.10 Å². The molecule has 1 aromatic heterocycles. The van der Waals surface area contributed by atoms with Crippen LogP contribution in [0.1, 0.15) is 13.8 Å². The van der Waals surface area contributed by atoms with E-state index in [1.165, 1.54) is 0 Å². The highest BCUT2D eigenvalue weighted by Crippen LogP contribution is 2.05. The molecule has 0 unspecified atom stereocenters. The van der Waals surface area contributed by atoms with Gasteiger partial charge in [-0.3, -0.25) is 4.98 Å². The van der Waals surface area contributed by atoms with Crippen LogP contribution in [0.4, 0.5) is 0 Å². The Kier molecular flexibility index (Phi) is 2.52. The molecule has 1 rings (SSSR count). The number of hydrogen-bond donors (Lipinski definition) is 0. The first-order valence-corrected chi connectivity index (χ1v) is 3.77. The highest BCUT2D eigenvalue weighted by atomic mass is 16.5. The number of rotatable bonds is 2. The van der Waals surface area contributed by atoms with E-state index in [9.17, 15) is 0 Å². The van der Waals surface area contributed by atoms with E-state index in [0.29, 0.717) is 0 Å². The van der Waals surface area contributed by atoms with Crippen molar-refractivity contribution in [2.45, 2.75) is 20.0 Å². The Hall–Kier alpha value is -0.985. The highest BCUT2D eigenvalue weighted by molar-refractivity contribution is 6.34. The van der Waals surface area contributed by atoms with Crippen LogP contribution in [0.5, 0.6) is 5.75 Å². The van der Waals surface area contributed by atoms with Crippen molar-refractivity contribution in [2.24, 2.45) is 0 Å². The first-order chi connectivity index (χ1) is 5.20. The number of pyridine rings is 1. The van der Waals surface area contributed by atoms with Crippen LogP contribution in [0.25, 0.3) is 0 Å². The highest BCUT2D eigenvalue weighted by Gasteiger charge is 1.99. The molecular weight excluding hydrogens is 137 g/mol. The molecule has 0 spiro atoms. The first-order valence-electron chi connectivity index (χ1n) is 3.77. The lowest BCUT2D eigenvalue weighted by Gasteiger charge is -2.10. The topological polar surface area (TPSA) is 22.1 Å². The van der Waals surface area contributed by atoms with E-state index in [1.54, 1.807) is 12.4 Å². The fraction of sp³-hybridized carbons (Fsp3) is 0.375. The molecule has 0 fully saturated rings. The van der Waals surface area contributed by atoms with Crippen LogP contribution >= 0.6 is 0 Å². The molecule has 0 amide bonds. The standard InChI is InChI=1S/C8H12BNO/c1-6(2)11-8-3-4-10-5-7(8)9/h3-6H,9H2,1-2H3. The van der Waals surface area contributed by atoms with E-state index in [1.807, 2.05) is 27.8 Å². The molecule has 2 nitrogen and oxygen atoms in total. The van der Waals surface area contributed by atoms with Gasteiger partial charge in [-0.25, -0.2) is 0 Å². The van der Waals surface area contributed by atoms with Crippen molar-refractivity contribution in [3.8, 4) is 5.75 Å². The van der Waals surface area contributed by atoms with Crippen molar-refractivity contribution in [3.63, 3.8) is 0 Å². The minimum absolute atomic E-state index is 0.232. The van der Waals surface area contributed by atoms with Gasteiger partial charge in [-0.15, -0.1) is 0 Å². The van der Waals surface area contributed by atoms with E-state index >= 15 is 0 Å². The maximum atomic E-state index is 5.50. The number of nitrogens with zero attached hydrogens (tertiary/aromatic N) is 1. The normalized spacial score (nSPS) is 10.1. The zero-order valence-electron chi connectivity index (χ0n) is 7.16. The Bertz CT molecular complexity index is 237. The SMILES string of the molecule is Bc1cnccc1OC(C)C. The lowest BCUT2D eigenvalue weighted by molar-refractivity contribution is 0.244. The van der Waals surface area contributed by atoms with Gasteiger partial charge in [-0.1, -0.05) is 0 Å². The Morgan fingerprint density at radius 1 is 1.55 bits per heavy atom. The van der Waals surface area contributed by atoms with Gasteiger partial charge in [-0.05, 0) is 25.4 Å². The van der Waals surface area contributed by atoms with Gasteiger partial charge in [-0.2, -0.15) is 0 Å². The number of ether oxygens (including phenoxy) is 1. The number of hydrogen-bond acceptors (Lipinski definition) is 2. The smallest absolute Gasteiger partial charge is 0.146 e. The zero-order valence-corrected chi connectivity index (χ0v) is 7.16. The maximum Gasteiger partial charge on any atom is 0.146 e. The molecule has 58 valence electrons. The van der Waals surface area contributed by atoms with Crippen LogP contribution in [0, 0.1) is 0 Å². The van der Waals surface area contributed by atoms with Crippen molar-refractivity contribution in [1.29, 1.82) is 0 Å². The molecule has 0 saturated heterocycles. The lowest BCUT2D eigenvalue weighted by atomic mass is 9.98. The molecule has 3 heteroatoms. The minimum Gasteiger partial charge on any atom is -0.492 e. The minimum atomic E-state index is 0.232. The van der Waals surface area contributed by atoms with E-state index in [0.717, 1.165) is 11.2 Å². The second kappa shape index (κ2) is 3.42. The molecule has 0 radical (unpaired) electrons. The quantitative estimate of drug-likeness (QED) is 0.557. The van der Waals surface area contributed by atoms with Crippen LogP contribution in [0.2, 0.25) is 0 Å². The Labute approximate surface area is 68.0 Å². The summed E-state index contributed by atoms with van der Waals surface area (Å²) in [7, 11) is 1.99. The van der Waals surface area contributed by atoms with E-state index in [4.69, 9.17) is 4.74 Å². The summed E-state index contributed by atoms with van der Waals surface area (Å²) in [6.07, 6.45) is 3.78. The molecule has 0 N–H and O–H groups in total.